The van der Waals surface area contributed by atoms with Crippen LogP contribution >= 0.6 is 0 Å². The average Bonchev–Trinajstić information content (AvgIpc) is 2.13. The molecule has 5 heteroatoms. The Morgan fingerprint density at radius 1 is 1.60 bits per heavy atom. The van der Waals surface area contributed by atoms with Crippen LogP contribution in [0.5, 0.6) is 0 Å². The fourth-order valence-electron chi connectivity index (χ4n) is 0.941. The molecule has 1 saturated heterocycles. The molecule has 4 nitrogen and oxygen atoms in total. The monoisotopic (exact) mass is 187 g/mol. The normalized spacial score (nSPS) is 31.3. The fourth-order valence-corrected chi connectivity index (χ4v) is 0.941. The maximum atomic E-state index is 10.2. The molecule has 0 aromatic rings. The molecule has 60 valence electrons. The van der Waals surface area contributed by atoms with E-state index >= 15 is 0 Å². The van der Waals surface area contributed by atoms with Gasteiger partial charge in [-0.3, -0.25) is 4.79 Å². The van der Waals surface area contributed by atoms with E-state index < -0.39 is 18.1 Å². The van der Waals surface area contributed by atoms with Gasteiger partial charge in [-0.05, 0) is 13.0 Å². The second-order valence-corrected chi connectivity index (χ2v) is 2.13. The Balaban J connectivity index is 0.000000810. The predicted molar refractivity (Wildman–Crippen MR) is 30.1 cm³/mol. The van der Waals surface area contributed by atoms with E-state index in [0.29, 0.717) is 13.0 Å². The molecule has 0 bridgehead atoms. The molecule has 0 aromatic carbocycles. The summed E-state index contributed by atoms with van der Waals surface area (Å²) in [6.07, 6.45) is -0.167. The maximum absolute atomic E-state index is 10.2. The summed E-state index contributed by atoms with van der Waals surface area (Å²) in [5.74, 6) is -0.972. The molecule has 3 N–H and O–H groups in total. The smallest absolute Gasteiger partial charge is 0.323 e. The van der Waals surface area contributed by atoms with Gasteiger partial charge in [0, 0.05) is 17.1 Å². The minimum atomic E-state index is -0.972. The number of hydrogen-bond donors (Lipinski definition) is 3. The molecule has 0 amide bonds. The van der Waals surface area contributed by atoms with Gasteiger partial charge >= 0.3 is 5.97 Å². The molecule has 1 rings (SSSR count). The van der Waals surface area contributed by atoms with Gasteiger partial charge in [-0.1, -0.05) is 0 Å². The summed E-state index contributed by atoms with van der Waals surface area (Å²) >= 11 is 0. The number of hydrogen-bond acceptors (Lipinski definition) is 3. The van der Waals surface area contributed by atoms with E-state index in [1.165, 1.54) is 0 Å². The number of carbonyl (C=O) groups is 1. The molecule has 1 fully saturated rings. The number of carboxylic acid groups (broad SMARTS) is 1. The summed E-state index contributed by atoms with van der Waals surface area (Å²) in [4.78, 5) is 10.2. The second kappa shape index (κ2) is 3.93. The molecule has 0 aliphatic carbocycles. The SMILES string of the molecule is O=C(O)[C@H]1NCCC1O.[Fe]. The van der Waals surface area contributed by atoms with Crippen LogP contribution in [0, 0.1) is 0 Å². The van der Waals surface area contributed by atoms with Gasteiger partial charge in [-0.2, -0.15) is 0 Å². The zero-order chi connectivity index (χ0) is 6.85. The summed E-state index contributed by atoms with van der Waals surface area (Å²) in [5.41, 5.74) is 0. The van der Waals surface area contributed by atoms with Crippen molar-refractivity contribution in [3.63, 3.8) is 0 Å². The van der Waals surface area contributed by atoms with Crippen LogP contribution in [-0.2, 0) is 21.9 Å². The van der Waals surface area contributed by atoms with Crippen molar-refractivity contribution >= 4 is 5.97 Å². The Hall–Kier alpha value is -0.0905. The third-order valence-electron chi connectivity index (χ3n) is 1.46. The Labute approximate surface area is 69.1 Å². The van der Waals surface area contributed by atoms with E-state index in [2.05, 4.69) is 5.32 Å². The van der Waals surface area contributed by atoms with Crippen molar-refractivity contribution in [2.45, 2.75) is 18.6 Å². The van der Waals surface area contributed by atoms with Crippen molar-refractivity contribution < 1.29 is 32.1 Å². The summed E-state index contributed by atoms with van der Waals surface area (Å²) in [7, 11) is 0. The number of aliphatic hydroxyl groups excluding tert-OH is 1. The van der Waals surface area contributed by atoms with E-state index in [0.717, 1.165) is 0 Å². The first kappa shape index (κ1) is 9.91. The fraction of sp³-hybridized carbons (Fsp3) is 0.800. The van der Waals surface area contributed by atoms with Gasteiger partial charge in [-0.25, -0.2) is 0 Å². The van der Waals surface area contributed by atoms with Gasteiger partial charge in [0.25, 0.3) is 0 Å². The molecular formula is C5H9FeNO3. The first-order valence-corrected chi connectivity index (χ1v) is 2.86. The van der Waals surface area contributed by atoms with Crippen LogP contribution in [0.4, 0.5) is 0 Å². The van der Waals surface area contributed by atoms with Crippen molar-refractivity contribution in [1.29, 1.82) is 0 Å². The Morgan fingerprint density at radius 3 is 2.40 bits per heavy atom. The Bertz CT molecular complexity index is 130. The Morgan fingerprint density at radius 2 is 2.20 bits per heavy atom. The molecule has 1 aliphatic heterocycles. The third kappa shape index (κ3) is 1.95. The minimum Gasteiger partial charge on any atom is -0.480 e. The van der Waals surface area contributed by atoms with Crippen LogP contribution in [-0.4, -0.2) is 34.9 Å². The molecule has 10 heavy (non-hydrogen) atoms. The third-order valence-corrected chi connectivity index (χ3v) is 1.46. The van der Waals surface area contributed by atoms with Crippen LogP contribution in [0.3, 0.4) is 0 Å². The first-order valence-electron chi connectivity index (χ1n) is 2.86. The zero-order valence-electron chi connectivity index (χ0n) is 5.23. The van der Waals surface area contributed by atoms with Crippen molar-refractivity contribution in [3.05, 3.63) is 0 Å². The molecule has 1 aliphatic rings. The van der Waals surface area contributed by atoms with Gasteiger partial charge in [0.2, 0.25) is 0 Å². The number of carboxylic acids is 1. The maximum Gasteiger partial charge on any atom is 0.323 e. The predicted octanol–water partition coefficient (Wildman–Crippen LogP) is -1.21. The largest absolute Gasteiger partial charge is 0.480 e. The van der Waals surface area contributed by atoms with Gasteiger partial charge in [0.1, 0.15) is 6.04 Å². The zero-order valence-corrected chi connectivity index (χ0v) is 6.33. The molecule has 0 aromatic heterocycles. The summed E-state index contributed by atoms with van der Waals surface area (Å²) in [5, 5.41) is 19.9. The number of aliphatic carboxylic acids is 1. The van der Waals surface area contributed by atoms with Crippen molar-refractivity contribution in [2.24, 2.45) is 0 Å². The van der Waals surface area contributed by atoms with Crippen LogP contribution < -0.4 is 5.32 Å². The quantitative estimate of drug-likeness (QED) is 0.450. The summed E-state index contributed by atoms with van der Waals surface area (Å²) < 4.78 is 0. The number of rotatable bonds is 1. The van der Waals surface area contributed by atoms with E-state index in [4.69, 9.17) is 10.2 Å². The van der Waals surface area contributed by atoms with E-state index in [1.54, 1.807) is 0 Å². The van der Waals surface area contributed by atoms with Crippen molar-refractivity contribution in [2.75, 3.05) is 6.54 Å². The van der Waals surface area contributed by atoms with Crippen molar-refractivity contribution in [3.8, 4) is 0 Å². The molecule has 0 radical (unpaired) electrons. The van der Waals surface area contributed by atoms with Gasteiger partial charge < -0.3 is 15.5 Å². The summed E-state index contributed by atoms with van der Waals surface area (Å²) in [6.45, 7) is 0.595. The van der Waals surface area contributed by atoms with Crippen LogP contribution in [0.1, 0.15) is 6.42 Å². The molecule has 2 atom stereocenters. The topological polar surface area (TPSA) is 69.6 Å². The van der Waals surface area contributed by atoms with Crippen molar-refractivity contribution in [1.82, 2.24) is 5.32 Å². The van der Waals surface area contributed by atoms with E-state index in [9.17, 15) is 4.79 Å². The van der Waals surface area contributed by atoms with E-state index in [-0.39, 0.29) is 17.1 Å². The van der Waals surface area contributed by atoms with Gasteiger partial charge in [0.15, 0.2) is 0 Å². The first-order chi connectivity index (χ1) is 4.22. The van der Waals surface area contributed by atoms with Gasteiger partial charge in [0.05, 0.1) is 6.10 Å². The minimum absolute atomic E-state index is 0. The average molecular weight is 187 g/mol. The number of nitrogens with one attached hydrogen (secondary N) is 1. The summed E-state index contributed by atoms with van der Waals surface area (Å²) in [6, 6.07) is -0.745. The molecular weight excluding hydrogens is 178 g/mol. The number of aliphatic hydroxyl groups is 1. The van der Waals surface area contributed by atoms with Crippen LogP contribution in [0.25, 0.3) is 0 Å². The van der Waals surface area contributed by atoms with Crippen LogP contribution in [0.2, 0.25) is 0 Å². The molecule has 0 spiro atoms. The second-order valence-electron chi connectivity index (χ2n) is 2.13. The standard InChI is InChI=1S/C5H9NO3.Fe/c7-3-1-2-6-4(3)5(8)9;/h3-4,6-7H,1-2H2,(H,8,9);/t3?,4-;/m0./s1. The van der Waals surface area contributed by atoms with E-state index in [1.807, 2.05) is 0 Å². The van der Waals surface area contributed by atoms with Crippen LogP contribution in [0.15, 0.2) is 0 Å². The molecule has 1 heterocycles. The molecule has 1 unspecified atom stereocenters. The molecule has 0 saturated carbocycles. The van der Waals surface area contributed by atoms with Gasteiger partial charge in [-0.15, -0.1) is 0 Å². The Kier molecular flexibility index (Phi) is 3.89.